The van der Waals surface area contributed by atoms with Crippen molar-refractivity contribution in [1.82, 2.24) is 19.8 Å². The average molecular weight is 352 g/mol. The lowest BCUT2D eigenvalue weighted by molar-refractivity contribution is 0.174. The van der Waals surface area contributed by atoms with Crippen LogP contribution >= 0.6 is 11.3 Å². The standard InChI is InChI=1S/C17H12N4O3S/c1-22-12-4-2-3-11(7-12)16-20-21-15(18-19-17(21)25-16)10-5-6-13-14(8-10)24-9-23-13/h2-8H,9H2,1H3. The summed E-state index contributed by atoms with van der Waals surface area (Å²) in [5, 5.41) is 14.0. The lowest BCUT2D eigenvalue weighted by Crippen LogP contribution is -1.93. The minimum Gasteiger partial charge on any atom is -0.497 e. The Kier molecular flexibility index (Phi) is 3.10. The second kappa shape index (κ2) is 5.45. The van der Waals surface area contributed by atoms with Crippen LogP contribution in [0.15, 0.2) is 42.5 Å². The van der Waals surface area contributed by atoms with Crippen LogP contribution in [-0.2, 0) is 0 Å². The summed E-state index contributed by atoms with van der Waals surface area (Å²) < 4.78 is 17.8. The minimum atomic E-state index is 0.241. The SMILES string of the molecule is COc1cccc(-c2nn3c(-c4ccc5c(c4)OCO5)nnc3s2)c1. The largest absolute Gasteiger partial charge is 0.497 e. The highest BCUT2D eigenvalue weighted by Crippen LogP contribution is 2.36. The van der Waals surface area contributed by atoms with E-state index in [0.717, 1.165) is 32.6 Å². The fraction of sp³-hybridized carbons (Fsp3) is 0.118. The van der Waals surface area contributed by atoms with Gasteiger partial charge in [0.2, 0.25) is 11.8 Å². The zero-order valence-corrected chi connectivity index (χ0v) is 14.0. The average Bonchev–Trinajstić information content (AvgIpc) is 3.36. The molecule has 0 saturated carbocycles. The molecule has 0 fully saturated rings. The third kappa shape index (κ3) is 2.30. The number of hydrogen-bond donors (Lipinski definition) is 0. The van der Waals surface area contributed by atoms with Gasteiger partial charge in [0.15, 0.2) is 17.3 Å². The van der Waals surface area contributed by atoms with Crippen molar-refractivity contribution in [1.29, 1.82) is 0 Å². The molecule has 124 valence electrons. The van der Waals surface area contributed by atoms with Gasteiger partial charge < -0.3 is 14.2 Å². The zero-order valence-electron chi connectivity index (χ0n) is 13.2. The van der Waals surface area contributed by atoms with Crippen LogP contribution in [0.5, 0.6) is 17.2 Å². The molecular weight excluding hydrogens is 340 g/mol. The molecule has 0 atom stereocenters. The molecule has 5 rings (SSSR count). The van der Waals surface area contributed by atoms with Gasteiger partial charge in [-0.3, -0.25) is 0 Å². The number of nitrogens with zero attached hydrogens (tertiary/aromatic N) is 4. The first kappa shape index (κ1) is 14.2. The molecule has 1 aliphatic rings. The van der Waals surface area contributed by atoms with Crippen LogP contribution in [0.25, 0.3) is 26.9 Å². The molecular formula is C17H12N4O3S. The number of aromatic nitrogens is 4. The maximum absolute atomic E-state index is 5.44. The van der Waals surface area contributed by atoms with Crippen molar-refractivity contribution in [2.45, 2.75) is 0 Å². The summed E-state index contributed by atoms with van der Waals surface area (Å²) in [6, 6.07) is 13.5. The molecule has 0 N–H and O–H groups in total. The Bertz CT molecular complexity index is 1090. The number of ether oxygens (including phenoxy) is 3. The van der Waals surface area contributed by atoms with Crippen molar-refractivity contribution in [2.24, 2.45) is 0 Å². The number of hydrogen-bond acceptors (Lipinski definition) is 7. The predicted molar refractivity (Wildman–Crippen MR) is 92.2 cm³/mol. The van der Waals surface area contributed by atoms with Crippen LogP contribution in [0.1, 0.15) is 0 Å². The van der Waals surface area contributed by atoms with Gasteiger partial charge in [-0.1, -0.05) is 23.5 Å². The molecule has 0 spiro atoms. The molecule has 8 heteroatoms. The zero-order chi connectivity index (χ0) is 16.8. The first-order valence-electron chi connectivity index (χ1n) is 7.58. The quantitative estimate of drug-likeness (QED) is 0.564. The molecule has 2 aromatic carbocycles. The minimum absolute atomic E-state index is 0.241. The summed E-state index contributed by atoms with van der Waals surface area (Å²) in [4.78, 5) is 0.727. The highest BCUT2D eigenvalue weighted by Gasteiger charge is 2.18. The van der Waals surface area contributed by atoms with Gasteiger partial charge in [0.05, 0.1) is 7.11 Å². The van der Waals surface area contributed by atoms with E-state index in [0.29, 0.717) is 11.6 Å². The summed E-state index contributed by atoms with van der Waals surface area (Å²) >= 11 is 1.48. The van der Waals surface area contributed by atoms with E-state index >= 15 is 0 Å². The van der Waals surface area contributed by atoms with Crippen molar-refractivity contribution in [3.63, 3.8) is 0 Å². The number of rotatable bonds is 3. The first-order chi connectivity index (χ1) is 12.3. The smallest absolute Gasteiger partial charge is 0.235 e. The van der Waals surface area contributed by atoms with E-state index in [9.17, 15) is 0 Å². The molecule has 2 aromatic heterocycles. The molecule has 0 saturated heterocycles. The molecule has 0 radical (unpaired) electrons. The molecule has 4 aromatic rings. The maximum atomic E-state index is 5.44. The van der Waals surface area contributed by atoms with E-state index in [2.05, 4.69) is 15.3 Å². The van der Waals surface area contributed by atoms with E-state index < -0.39 is 0 Å². The Morgan fingerprint density at radius 3 is 2.88 bits per heavy atom. The molecule has 7 nitrogen and oxygen atoms in total. The van der Waals surface area contributed by atoms with E-state index in [4.69, 9.17) is 14.2 Å². The van der Waals surface area contributed by atoms with Crippen molar-refractivity contribution in [3.8, 4) is 39.2 Å². The third-order valence-electron chi connectivity index (χ3n) is 3.94. The Hall–Kier alpha value is -3.13. The molecule has 0 bridgehead atoms. The van der Waals surface area contributed by atoms with Crippen LogP contribution in [0, 0.1) is 0 Å². The van der Waals surface area contributed by atoms with Crippen molar-refractivity contribution in [2.75, 3.05) is 13.9 Å². The summed E-state index contributed by atoms with van der Waals surface area (Å²) in [7, 11) is 1.65. The number of methoxy groups -OCH3 is 1. The lowest BCUT2D eigenvalue weighted by atomic mass is 10.2. The van der Waals surface area contributed by atoms with Gasteiger partial charge in [0.1, 0.15) is 10.8 Å². The van der Waals surface area contributed by atoms with Gasteiger partial charge >= 0.3 is 0 Å². The highest BCUT2D eigenvalue weighted by molar-refractivity contribution is 7.19. The highest BCUT2D eigenvalue weighted by atomic mass is 32.1. The molecule has 1 aliphatic heterocycles. The molecule has 3 heterocycles. The fourth-order valence-electron chi connectivity index (χ4n) is 2.71. The van der Waals surface area contributed by atoms with Crippen LogP contribution in [0.3, 0.4) is 0 Å². The molecule has 0 unspecified atom stereocenters. The topological polar surface area (TPSA) is 70.8 Å². The van der Waals surface area contributed by atoms with Crippen LogP contribution < -0.4 is 14.2 Å². The summed E-state index contributed by atoms with van der Waals surface area (Å²) in [5.41, 5.74) is 1.85. The van der Waals surface area contributed by atoms with Gasteiger partial charge in [0.25, 0.3) is 0 Å². The Morgan fingerprint density at radius 1 is 1.04 bits per heavy atom. The number of benzene rings is 2. The number of fused-ring (bicyclic) bond motifs is 2. The van der Waals surface area contributed by atoms with Gasteiger partial charge in [-0.2, -0.15) is 9.61 Å². The van der Waals surface area contributed by atoms with Crippen molar-refractivity contribution in [3.05, 3.63) is 42.5 Å². The Labute approximate surface area is 146 Å². The van der Waals surface area contributed by atoms with Crippen molar-refractivity contribution < 1.29 is 14.2 Å². The van der Waals surface area contributed by atoms with E-state index in [1.54, 1.807) is 11.6 Å². The molecule has 0 amide bonds. The molecule has 25 heavy (non-hydrogen) atoms. The second-order valence-electron chi connectivity index (χ2n) is 5.43. The predicted octanol–water partition coefficient (Wildman–Crippen LogP) is 3.26. The first-order valence-corrected chi connectivity index (χ1v) is 8.40. The van der Waals surface area contributed by atoms with Gasteiger partial charge in [0, 0.05) is 11.1 Å². The lowest BCUT2D eigenvalue weighted by Gasteiger charge is -2.01. The van der Waals surface area contributed by atoms with Gasteiger partial charge in [-0.15, -0.1) is 10.2 Å². The monoisotopic (exact) mass is 352 g/mol. The van der Waals surface area contributed by atoms with Gasteiger partial charge in [-0.05, 0) is 30.3 Å². The maximum Gasteiger partial charge on any atom is 0.235 e. The third-order valence-corrected chi connectivity index (χ3v) is 4.89. The van der Waals surface area contributed by atoms with Crippen molar-refractivity contribution >= 4 is 16.3 Å². The normalized spacial score (nSPS) is 12.7. The Balaban J connectivity index is 1.60. The van der Waals surface area contributed by atoms with Crippen LogP contribution in [0.4, 0.5) is 0 Å². The Morgan fingerprint density at radius 2 is 1.96 bits per heavy atom. The molecule has 0 aliphatic carbocycles. The van der Waals surface area contributed by atoms with E-state index in [-0.39, 0.29) is 6.79 Å². The second-order valence-corrected chi connectivity index (χ2v) is 6.38. The van der Waals surface area contributed by atoms with Crippen LogP contribution in [-0.4, -0.2) is 33.7 Å². The van der Waals surface area contributed by atoms with E-state index in [1.807, 2.05) is 42.5 Å². The van der Waals surface area contributed by atoms with E-state index in [1.165, 1.54) is 11.3 Å². The van der Waals surface area contributed by atoms with Crippen LogP contribution in [0.2, 0.25) is 0 Å². The summed E-state index contributed by atoms with van der Waals surface area (Å²) in [6.45, 7) is 0.241. The fourth-order valence-corrected chi connectivity index (χ4v) is 3.54. The summed E-state index contributed by atoms with van der Waals surface area (Å²) in [6.07, 6.45) is 0. The van der Waals surface area contributed by atoms with Gasteiger partial charge in [-0.25, -0.2) is 0 Å². The summed E-state index contributed by atoms with van der Waals surface area (Å²) in [5.74, 6) is 2.90.